The van der Waals surface area contributed by atoms with E-state index in [1.54, 1.807) is 66.7 Å². The Hall–Kier alpha value is -4.45. The number of nitrogens with zero attached hydrogens (tertiary/aromatic N) is 3. The SMILES string of the molecule is O=C(c1ccccc1P(=O)(c1ccccc1)c1ccccc1)N([O-])CC1=NNN(Cc2cc(C(F)(F)F)cc(C(F)(F)F)c2)C1. The Morgan fingerprint density at radius 1 is 0.822 bits per heavy atom. The second kappa shape index (κ2) is 12.5. The van der Waals surface area contributed by atoms with Crippen LogP contribution in [0.25, 0.3) is 0 Å². The molecule has 1 aliphatic rings. The summed E-state index contributed by atoms with van der Waals surface area (Å²) in [4.78, 5) is 13.5. The molecule has 0 unspecified atom stereocenters. The molecule has 234 valence electrons. The predicted molar refractivity (Wildman–Crippen MR) is 158 cm³/mol. The first-order valence-corrected chi connectivity index (χ1v) is 15.1. The second-order valence-electron chi connectivity index (χ2n) is 10.2. The van der Waals surface area contributed by atoms with Crippen LogP contribution in [0, 0.1) is 5.21 Å². The summed E-state index contributed by atoms with van der Waals surface area (Å²) in [5.74, 6) is -0.994. The predicted octanol–water partition coefficient (Wildman–Crippen LogP) is 5.68. The van der Waals surface area contributed by atoms with Crippen molar-refractivity contribution in [1.29, 1.82) is 0 Å². The lowest BCUT2D eigenvalue weighted by Crippen LogP contribution is -2.37. The molecule has 45 heavy (non-hydrogen) atoms. The molecule has 0 saturated heterocycles. The monoisotopic (exact) mass is 645 g/mol. The van der Waals surface area contributed by atoms with Crippen molar-refractivity contribution in [2.75, 3.05) is 13.1 Å². The number of alkyl halides is 6. The van der Waals surface area contributed by atoms with Gasteiger partial charge in [-0.25, -0.2) is 5.53 Å². The molecule has 0 saturated carbocycles. The lowest BCUT2D eigenvalue weighted by atomic mass is 10.0. The highest BCUT2D eigenvalue weighted by molar-refractivity contribution is 7.85. The van der Waals surface area contributed by atoms with E-state index in [0.717, 1.165) is 0 Å². The molecule has 1 heterocycles. The van der Waals surface area contributed by atoms with Crippen molar-refractivity contribution in [2.24, 2.45) is 5.10 Å². The zero-order valence-corrected chi connectivity index (χ0v) is 24.1. The van der Waals surface area contributed by atoms with Crippen LogP contribution in [-0.4, -0.2) is 34.8 Å². The minimum absolute atomic E-state index is 0.0378. The third-order valence-corrected chi connectivity index (χ3v) is 10.1. The molecule has 4 aromatic rings. The number of hydrogen-bond acceptors (Lipinski definition) is 6. The fourth-order valence-electron chi connectivity index (χ4n) is 4.94. The number of hydrazine groups is 1. The van der Waals surface area contributed by atoms with Crippen molar-refractivity contribution in [3.8, 4) is 0 Å². The quantitative estimate of drug-likeness (QED) is 0.151. The molecule has 1 N–H and O–H groups in total. The first kappa shape index (κ1) is 32.0. The molecule has 1 aliphatic heterocycles. The highest BCUT2D eigenvalue weighted by Crippen LogP contribution is 2.43. The largest absolute Gasteiger partial charge is 0.756 e. The summed E-state index contributed by atoms with van der Waals surface area (Å²) in [6.07, 6.45) is -10.00. The van der Waals surface area contributed by atoms with Gasteiger partial charge in [0.25, 0.3) is 0 Å². The lowest BCUT2D eigenvalue weighted by Gasteiger charge is -2.30. The molecular formula is C31H24F6N4O3P-. The molecular weight excluding hydrogens is 621 g/mol. The van der Waals surface area contributed by atoms with Crippen LogP contribution >= 0.6 is 7.14 Å². The number of carbonyl (C=O) groups excluding carboxylic acids is 1. The van der Waals surface area contributed by atoms with E-state index in [0.29, 0.717) is 22.7 Å². The van der Waals surface area contributed by atoms with Gasteiger partial charge in [0.2, 0.25) is 5.91 Å². The molecule has 0 aliphatic carbocycles. The number of halogens is 6. The molecule has 5 rings (SSSR count). The van der Waals surface area contributed by atoms with Gasteiger partial charge in [-0.2, -0.15) is 36.5 Å². The van der Waals surface area contributed by atoms with Crippen LogP contribution < -0.4 is 21.4 Å². The summed E-state index contributed by atoms with van der Waals surface area (Å²) >= 11 is 0. The van der Waals surface area contributed by atoms with Crippen LogP contribution in [0.3, 0.4) is 0 Å². The van der Waals surface area contributed by atoms with Crippen LogP contribution in [0.1, 0.15) is 27.0 Å². The van der Waals surface area contributed by atoms with Gasteiger partial charge in [0, 0.05) is 22.5 Å². The average molecular weight is 646 g/mol. The number of hydroxylamine groups is 2. The summed E-state index contributed by atoms with van der Waals surface area (Å²) in [6, 6.07) is 24.4. The van der Waals surface area contributed by atoms with Gasteiger partial charge in [0.05, 0.1) is 35.5 Å². The number of nitrogens with one attached hydrogen (secondary N) is 1. The van der Waals surface area contributed by atoms with Crippen molar-refractivity contribution in [3.05, 3.63) is 131 Å². The van der Waals surface area contributed by atoms with Gasteiger partial charge in [0.1, 0.15) is 0 Å². The summed E-state index contributed by atoms with van der Waals surface area (Å²) in [7, 11) is -3.62. The van der Waals surface area contributed by atoms with Crippen LogP contribution in [0.5, 0.6) is 0 Å². The van der Waals surface area contributed by atoms with E-state index >= 15 is 0 Å². The Kier molecular flexibility index (Phi) is 8.88. The second-order valence-corrected chi connectivity index (χ2v) is 12.9. The van der Waals surface area contributed by atoms with Crippen LogP contribution in [-0.2, 0) is 23.5 Å². The van der Waals surface area contributed by atoms with Gasteiger partial charge >= 0.3 is 12.4 Å². The Balaban J connectivity index is 1.35. The smallest absolute Gasteiger partial charge is 0.416 e. The van der Waals surface area contributed by atoms with E-state index in [2.05, 4.69) is 10.6 Å². The van der Waals surface area contributed by atoms with Gasteiger partial charge in [-0.05, 0) is 29.8 Å². The van der Waals surface area contributed by atoms with E-state index < -0.39 is 49.6 Å². The minimum atomic E-state index is -5.00. The summed E-state index contributed by atoms with van der Waals surface area (Å²) in [5.41, 5.74) is -0.706. The Morgan fingerprint density at radius 2 is 1.33 bits per heavy atom. The molecule has 0 atom stereocenters. The lowest BCUT2D eigenvalue weighted by molar-refractivity contribution is -0.143. The van der Waals surface area contributed by atoms with Gasteiger partial charge in [0.15, 0.2) is 7.14 Å². The third kappa shape index (κ3) is 6.95. The molecule has 0 bridgehead atoms. The Bertz CT molecular complexity index is 1690. The topological polar surface area (TPSA) is 88.1 Å². The maximum Gasteiger partial charge on any atom is 0.416 e. The molecule has 14 heteroatoms. The first-order valence-electron chi connectivity index (χ1n) is 13.4. The number of hydrogen-bond donors (Lipinski definition) is 1. The molecule has 0 radical (unpaired) electrons. The third-order valence-electron chi connectivity index (χ3n) is 7.01. The molecule has 4 aromatic carbocycles. The van der Waals surface area contributed by atoms with Gasteiger partial charge < -0.3 is 14.8 Å². The van der Waals surface area contributed by atoms with Crippen molar-refractivity contribution in [1.82, 2.24) is 15.6 Å². The molecule has 7 nitrogen and oxygen atoms in total. The number of carbonyl (C=O) groups is 1. The van der Waals surface area contributed by atoms with E-state index in [1.165, 1.54) is 23.2 Å². The van der Waals surface area contributed by atoms with Gasteiger partial charge in [-0.3, -0.25) is 4.79 Å². The fourth-order valence-corrected chi connectivity index (χ4v) is 7.79. The summed E-state index contributed by atoms with van der Waals surface area (Å²) in [6.45, 7) is -1.14. The number of benzene rings is 4. The van der Waals surface area contributed by atoms with Crippen molar-refractivity contribution in [3.63, 3.8) is 0 Å². The van der Waals surface area contributed by atoms with E-state index in [9.17, 15) is 40.9 Å². The fraction of sp³-hybridized carbons (Fsp3) is 0.161. The highest BCUT2D eigenvalue weighted by atomic mass is 31.2. The van der Waals surface area contributed by atoms with Crippen LogP contribution in [0.4, 0.5) is 26.3 Å². The van der Waals surface area contributed by atoms with Crippen molar-refractivity contribution < 1.29 is 35.7 Å². The zero-order chi connectivity index (χ0) is 32.4. The minimum Gasteiger partial charge on any atom is -0.756 e. The number of hydrazone groups is 1. The Morgan fingerprint density at radius 3 is 1.87 bits per heavy atom. The normalized spacial score (nSPS) is 14.2. The summed E-state index contributed by atoms with van der Waals surface area (Å²) in [5, 5.41) is 19.5. The maximum atomic E-state index is 14.8. The molecule has 1 amide bonds. The van der Waals surface area contributed by atoms with Crippen molar-refractivity contribution in [2.45, 2.75) is 18.9 Å². The van der Waals surface area contributed by atoms with E-state index in [4.69, 9.17) is 0 Å². The molecule has 0 aromatic heterocycles. The van der Waals surface area contributed by atoms with E-state index in [1.807, 2.05) is 0 Å². The van der Waals surface area contributed by atoms with Crippen LogP contribution in [0.2, 0.25) is 0 Å². The average Bonchev–Trinajstić information content (AvgIpc) is 3.46. The summed E-state index contributed by atoms with van der Waals surface area (Å²) < 4.78 is 94.4. The van der Waals surface area contributed by atoms with Crippen molar-refractivity contribution >= 4 is 34.7 Å². The first-order chi connectivity index (χ1) is 21.3. The van der Waals surface area contributed by atoms with Gasteiger partial charge in [-0.1, -0.05) is 78.9 Å². The zero-order valence-electron chi connectivity index (χ0n) is 23.2. The van der Waals surface area contributed by atoms with E-state index in [-0.39, 0.29) is 39.8 Å². The molecule has 0 spiro atoms. The standard InChI is InChI=1S/C31H24F6N4O3P/c32-30(33,34)22-15-21(16-23(17-22)31(35,36)37)18-40-19-24(38-39-40)20-41(43)29(42)27-13-7-8-14-28(27)45(44,25-9-3-1-4-10-25)26-11-5-2-6-12-26/h1-17,39H,18-20H2/q-1. The Labute approximate surface area is 253 Å². The van der Waals surface area contributed by atoms with Gasteiger partial charge in [-0.15, -0.1) is 0 Å². The highest BCUT2D eigenvalue weighted by Gasteiger charge is 2.37. The number of amides is 1. The van der Waals surface area contributed by atoms with Crippen LogP contribution in [0.15, 0.2) is 108 Å². The maximum absolute atomic E-state index is 14.8. The molecule has 0 fully saturated rings. The number of rotatable bonds is 8.